The number of ether oxygens (including phenoxy) is 1. The van der Waals surface area contributed by atoms with Crippen molar-refractivity contribution in [1.82, 2.24) is 5.32 Å². The van der Waals surface area contributed by atoms with Crippen LogP contribution in [-0.2, 0) is 9.53 Å². The summed E-state index contributed by atoms with van der Waals surface area (Å²) in [6, 6.07) is -0.120. The third kappa shape index (κ3) is 1.30. The quantitative estimate of drug-likeness (QED) is 0.647. The molecule has 0 bridgehead atoms. The molecule has 64 valence electrons. The molecule has 2 aliphatic rings. The molecule has 2 atom stereocenters. The molecule has 0 radical (unpaired) electrons. The van der Waals surface area contributed by atoms with E-state index < -0.39 is 0 Å². The molecule has 12 heavy (non-hydrogen) atoms. The van der Waals surface area contributed by atoms with E-state index in [0.29, 0.717) is 0 Å². The highest BCUT2D eigenvalue weighted by atomic mass is 79.9. The zero-order valence-electron chi connectivity index (χ0n) is 6.16. The van der Waals surface area contributed by atoms with E-state index in [9.17, 15) is 4.79 Å². The Kier molecular flexibility index (Phi) is 1.98. The number of amides is 1. The van der Waals surface area contributed by atoms with Crippen LogP contribution in [0.15, 0.2) is 15.7 Å². The Labute approximate surface area is 77.8 Å². The van der Waals surface area contributed by atoms with E-state index in [2.05, 4.69) is 26.2 Å². The van der Waals surface area contributed by atoms with Crippen molar-refractivity contribution in [3.8, 4) is 0 Å². The van der Waals surface area contributed by atoms with Gasteiger partial charge in [-0.25, -0.2) is 0 Å². The third-order valence-corrected chi connectivity index (χ3v) is 2.42. The number of morpholine rings is 1. The fraction of sp³-hybridized carbons (Fsp3) is 0.429. The maximum absolute atomic E-state index is 10.9. The summed E-state index contributed by atoms with van der Waals surface area (Å²) in [4.78, 5) is 14.8. The van der Waals surface area contributed by atoms with Gasteiger partial charge >= 0.3 is 0 Å². The molecule has 4 nitrogen and oxygen atoms in total. The van der Waals surface area contributed by atoms with Gasteiger partial charge in [0.25, 0.3) is 0 Å². The molecule has 2 heterocycles. The molecule has 0 aromatic heterocycles. The number of nitrogens with one attached hydrogen (secondary N) is 1. The van der Waals surface area contributed by atoms with Crippen molar-refractivity contribution in [2.75, 3.05) is 6.61 Å². The van der Waals surface area contributed by atoms with E-state index in [1.54, 1.807) is 12.4 Å². The largest absolute Gasteiger partial charge is 0.361 e. The average molecular weight is 231 g/mol. The number of nitrogens with zero attached hydrogens (tertiary/aromatic N) is 1. The van der Waals surface area contributed by atoms with E-state index in [0.717, 1.165) is 4.48 Å². The Morgan fingerprint density at radius 2 is 2.58 bits per heavy atom. The van der Waals surface area contributed by atoms with Crippen molar-refractivity contribution in [1.29, 1.82) is 0 Å². The lowest BCUT2D eigenvalue weighted by Gasteiger charge is -2.31. The van der Waals surface area contributed by atoms with E-state index in [1.165, 1.54) is 0 Å². The molecule has 0 aromatic rings. The first-order valence-corrected chi connectivity index (χ1v) is 4.36. The van der Waals surface area contributed by atoms with Gasteiger partial charge in [-0.3, -0.25) is 9.79 Å². The first-order valence-electron chi connectivity index (χ1n) is 3.57. The van der Waals surface area contributed by atoms with Crippen LogP contribution in [0.2, 0.25) is 0 Å². The zero-order valence-corrected chi connectivity index (χ0v) is 7.74. The molecule has 2 rings (SSSR count). The third-order valence-electron chi connectivity index (χ3n) is 1.76. The molecule has 5 heteroatoms. The number of carbonyl (C=O) groups is 1. The fourth-order valence-corrected chi connectivity index (χ4v) is 1.75. The van der Waals surface area contributed by atoms with Gasteiger partial charge in [0.15, 0.2) is 0 Å². The van der Waals surface area contributed by atoms with Crippen LogP contribution in [0.4, 0.5) is 0 Å². The number of halogens is 1. The molecule has 0 aliphatic carbocycles. The van der Waals surface area contributed by atoms with E-state index in [4.69, 9.17) is 4.74 Å². The predicted molar refractivity (Wildman–Crippen MR) is 47.2 cm³/mol. The maximum atomic E-state index is 10.9. The van der Waals surface area contributed by atoms with Gasteiger partial charge in [0, 0.05) is 16.9 Å². The highest BCUT2D eigenvalue weighted by Gasteiger charge is 2.31. The van der Waals surface area contributed by atoms with E-state index >= 15 is 0 Å². The molecule has 0 aromatic carbocycles. The minimum atomic E-state index is -0.120. The second-order valence-electron chi connectivity index (χ2n) is 2.64. The lowest BCUT2D eigenvalue weighted by molar-refractivity contribution is -0.132. The van der Waals surface area contributed by atoms with Crippen molar-refractivity contribution in [3.05, 3.63) is 10.7 Å². The Hall–Kier alpha value is -0.680. The monoisotopic (exact) mass is 230 g/mol. The van der Waals surface area contributed by atoms with Gasteiger partial charge in [0.1, 0.15) is 12.7 Å². The highest BCUT2D eigenvalue weighted by molar-refractivity contribution is 9.11. The Morgan fingerprint density at radius 1 is 1.75 bits per heavy atom. The number of hydrogen-bond donors (Lipinski definition) is 1. The summed E-state index contributed by atoms with van der Waals surface area (Å²) in [5, 5.41) is 2.76. The van der Waals surface area contributed by atoms with Gasteiger partial charge in [-0.1, -0.05) is 15.9 Å². The summed E-state index contributed by atoms with van der Waals surface area (Å²) in [6.07, 6.45) is 3.26. The summed E-state index contributed by atoms with van der Waals surface area (Å²) in [6.45, 7) is 0.123. The lowest BCUT2D eigenvalue weighted by Crippen LogP contribution is -2.53. The van der Waals surface area contributed by atoms with Crippen LogP contribution in [0.1, 0.15) is 0 Å². The second-order valence-corrected chi connectivity index (χ2v) is 3.55. The van der Waals surface area contributed by atoms with Crippen LogP contribution < -0.4 is 5.32 Å². The van der Waals surface area contributed by atoms with Crippen LogP contribution in [0.25, 0.3) is 0 Å². The van der Waals surface area contributed by atoms with Crippen LogP contribution in [-0.4, -0.2) is 30.9 Å². The van der Waals surface area contributed by atoms with E-state index in [-0.39, 0.29) is 24.7 Å². The first-order chi connectivity index (χ1) is 5.77. The minimum Gasteiger partial charge on any atom is -0.361 e. The SMILES string of the molecule is O=C1COC2C(Br)=CN=CC2N1. The summed E-state index contributed by atoms with van der Waals surface area (Å²) in [5.41, 5.74) is 0. The smallest absolute Gasteiger partial charge is 0.246 e. The number of carbonyl (C=O) groups excluding carboxylic acids is 1. The number of hydrogen-bond acceptors (Lipinski definition) is 3. The van der Waals surface area contributed by atoms with Crippen molar-refractivity contribution >= 4 is 28.1 Å². The molecule has 1 amide bonds. The number of aliphatic imine (C=N–C) groups is 1. The van der Waals surface area contributed by atoms with Crippen molar-refractivity contribution in [2.24, 2.45) is 4.99 Å². The van der Waals surface area contributed by atoms with Gasteiger partial charge in [-0.05, 0) is 0 Å². The molecule has 2 aliphatic heterocycles. The van der Waals surface area contributed by atoms with Crippen molar-refractivity contribution in [3.63, 3.8) is 0 Å². The maximum Gasteiger partial charge on any atom is 0.246 e. The summed E-state index contributed by atoms with van der Waals surface area (Å²) >= 11 is 3.32. The molecular weight excluding hydrogens is 224 g/mol. The number of rotatable bonds is 0. The number of fused-ring (bicyclic) bond motifs is 1. The molecule has 2 unspecified atom stereocenters. The van der Waals surface area contributed by atoms with Gasteiger partial charge in [0.2, 0.25) is 5.91 Å². The fourth-order valence-electron chi connectivity index (χ4n) is 1.22. The summed E-state index contributed by atoms with van der Waals surface area (Å²) in [7, 11) is 0. The van der Waals surface area contributed by atoms with Gasteiger partial charge in [-0.15, -0.1) is 0 Å². The molecule has 0 saturated carbocycles. The Bertz CT molecular complexity index is 275. The van der Waals surface area contributed by atoms with Crippen LogP contribution >= 0.6 is 15.9 Å². The van der Waals surface area contributed by atoms with Gasteiger partial charge in [0.05, 0.1) is 6.04 Å². The van der Waals surface area contributed by atoms with Crippen LogP contribution in [0.3, 0.4) is 0 Å². The Balaban J connectivity index is 2.18. The Morgan fingerprint density at radius 3 is 3.42 bits per heavy atom. The molecule has 1 N–H and O–H groups in total. The zero-order chi connectivity index (χ0) is 8.55. The van der Waals surface area contributed by atoms with Gasteiger partial charge < -0.3 is 10.1 Å². The van der Waals surface area contributed by atoms with Crippen molar-refractivity contribution in [2.45, 2.75) is 12.1 Å². The van der Waals surface area contributed by atoms with Gasteiger partial charge in [-0.2, -0.15) is 0 Å². The van der Waals surface area contributed by atoms with Crippen LogP contribution in [0, 0.1) is 0 Å². The highest BCUT2D eigenvalue weighted by Crippen LogP contribution is 2.22. The first kappa shape index (κ1) is 7.94. The van der Waals surface area contributed by atoms with Crippen LogP contribution in [0.5, 0.6) is 0 Å². The normalized spacial score (nSPS) is 33.8. The average Bonchev–Trinajstić information content (AvgIpc) is 2.04. The topological polar surface area (TPSA) is 50.7 Å². The second kappa shape index (κ2) is 2.99. The van der Waals surface area contributed by atoms with Crippen molar-refractivity contribution < 1.29 is 9.53 Å². The molecule has 0 spiro atoms. The lowest BCUT2D eigenvalue weighted by atomic mass is 10.1. The molecule has 1 saturated heterocycles. The minimum absolute atomic E-state index is 0.0927. The summed E-state index contributed by atoms with van der Waals surface area (Å²) < 4.78 is 6.16. The molecule has 1 fully saturated rings. The summed E-state index contributed by atoms with van der Waals surface area (Å²) in [5.74, 6) is -0.0927. The molecular formula is C7H7BrN2O2. The standard InChI is InChI=1S/C7H7BrN2O2/c8-4-1-9-2-5-7(4)12-3-6(11)10-5/h1-2,5,7H,3H2,(H,10,11). The predicted octanol–water partition coefficient (Wildman–Crippen LogP) is 0.191. The van der Waals surface area contributed by atoms with E-state index in [1.807, 2.05) is 0 Å².